The van der Waals surface area contributed by atoms with E-state index in [0.29, 0.717) is 6.54 Å². The molecule has 2 aliphatic carbocycles. The first-order valence-corrected chi connectivity index (χ1v) is 11.5. The summed E-state index contributed by atoms with van der Waals surface area (Å²) in [4.78, 5) is 36.7. The zero-order valence-electron chi connectivity index (χ0n) is 18.9. The van der Waals surface area contributed by atoms with Crippen molar-refractivity contribution in [2.75, 3.05) is 26.2 Å². The number of terminal acetylenes is 1. The Labute approximate surface area is 199 Å². The lowest BCUT2D eigenvalue weighted by Gasteiger charge is -2.35. The molecule has 2 aliphatic rings. The van der Waals surface area contributed by atoms with E-state index in [-0.39, 0.29) is 49.8 Å². The molecule has 2 aromatic carbocycles. The van der Waals surface area contributed by atoms with E-state index in [4.69, 9.17) is 16.3 Å². The molecule has 0 atom stereocenters. The summed E-state index contributed by atoms with van der Waals surface area (Å²) in [5, 5.41) is 11.8. The fourth-order valence-electron chi connectivity index (χ4n) is 4.97. The van der Waals surface area contributed by atoms with Crippen LogP contribution in [0.5, 0.6) is 0 Å². The Morgan fingerprint density at radius 1 is 1.03 bits per heavy atom. The molecule has 0 radical (unpaired) electrons. The first-order valence-electron chi connectivity index (χ1n) is 11.5. The van der Waals surface area contributed by atoms with Crippen molar-refractivity contribution in [3.63, 3.8) is 0 Å². The van der Waals surface area contributed by atoms with Gasteiger partial charge in [0.2, 0.25) is 5.91 Å². The zero-order chi connectivity index (χ0) is 24.1. The van der Waals surface area contributed by atoms with Gasteiger partial charge in [0, 0.05) is 18.9 Å². The number of benzene rings is 2. The van der Waals surface area contributed by atoms with Crippen LogP contribution in [0.3, 0.4) is 0 Å². The molecule has 0 saturated heterocycles. The Kier molecular flexibility index (Phi) is 7.17. The Hall–Kier alpha value is -3.79. The first kappa shape index (κ1) is 23.4. The highest BCUT2D eigenvalue weighted by atomic mass is 16.5. The molecule has 2 aromatic rings. The molecule has 0 unspecified atom stereocenters. The summed E-state index contributed by atoms with van der Waals surface area (Å²) >= 11 is 0. The molecule has 2 amide bonds. The molecule has 0 heterocycles. The molecular weight excluding hydrogens is 432 g/mol. The fraction of sp³-hybridized carbons (Fsp3) is 0.370. The number of carbonyl (C=O) groups excluding carboxylic acids is 2. The summed E-state index contributed by atoms with van der Waals surface area (Å²) in [6.07, 6.45) is 6.66. The molecule has 0 bridgehead atoms. The molecule has 0 aromatic heterocycles. The van der Waals surface area contributed by atoms with Crippen molar-refractivity contribution in [3.05, 3.63) is 59.7 Å². The van der Waals surface area contributed by atoms with Gasteiger partial charge in [0.05, 0.1) is 6.54 Å². The smallest absolute Gasteiger partial charge is 0.407 e. The maximum absolute atomic E-state index is 12.3. The molecule has 34 heavy (non-hydrogen) atoms. The van der Waals surface area contributed by atoms with Crippen LogP contribution in [0.1, 0.15) is 36.3 Å². The predicted molar refractivity (Wildman–Crippen MR) is 127 cm³/mol. The largest absolute Gasteiger partial charge is 0.480 e. The van der Waals surface area contributed by atoms with Gasteiger partial charge in [-0.3, -0.25) is 9.59 Å². The van der Waals surface area contributed by atoms with Crippen molar-refractivity contribution in [2.45, 2.75) is 25.2 Å². The monoisotopic (exact) mass is 460 g/mol. The third kappa shape index (κ3) is 5.23. The normalized spacial score (nSPS) is 18.1. The van der Waals surface area contributed by atoms with Crippen LogP contribution in [0.2, 0.25) is 0 Å². The van der Waals surface area contributed by atoms with Crippen LogP contribution in [-0.4, -0.2) is 54.2 Å². The number of nitrogens with zero attached hydrogens (tertiary/aromatic N) is 1. The number of nitrogens with one attached hydrogen (secondary N) is 1. The zero-order valence-corrected chi connectivity index (χ0v) is 18.9. The Bertz CT molecular complexity index is 1070. The Balaban J connectivity index is 1.20. The third-order valence-corrected chi connectivity index (χ3v) is 6.64. The van der Waals surface area contributed by atoms with Gasteiger partial charge < -0.3 is 20.1 Å². The molecule has 4 rings (SSSR count). The van der Waals surface area contributed by atoms with Gasteiger partial charge in [0.25, 0.3) is 0 Å². The molecule has 0 aliphatic heterocycles. The van der Waals surface area contributed by atoms with Gasteiger partial charge in [-0.2, -0.15) is 0 Å². The van der Waals surface area contributed by atoms with Crippen molar-refractivity contribution in [1.29, 1.82) is 0 Å². The first-order chi connectivity index (χ1) is 16.5. The number of rotatable bonds is 9. The van der Waals surface area contributed by atoms with E-state index in [1.807, 2.05) is 24.3 Å². The maximum Gasteiger partial charge on any atom is 0.407 e. The second kappa shape index (κ2) is 10.4. The number of hydrogen-bond acceptors (Lipinski definition) is 4. The van der Waals surface area contributed by atoms with Gasteiger partial charge in [0.1, 0.15) is 13.2 Å². The highest BCUT2D eigenvalue weighted by Gasteiger charge is 2.33. The van der Waals surface area contributed by atoms with Gasteiger partial charge in [0.15, 0.2) is 0 Å². The van der Waals surface area contributed by atoms with Gasteiger partial charge in [-0.15, -0.1) is 6.42 Å². The topological polar surface area (TPSA) is 95.9 Å². The number of carbonyl (C=O) groups is 3. The minimum Gasteiger partial charge on any atom is -0.480 e. The molecule has 1 fully saturated rings. The summed E-state index contributed by atoms with van der Waals surface area (Å²) in [6.45, 7) is 0.369. The average molecular weight is 461 g/mol. The highest BCUT2D eigenvalue weighted by Crippen LogP contribution is 2.44. The van der Waals surface area contributed by atoms with Crippen molar-refractivity contribution in [1.82, 2.24) is 10.2 Å². The van der Waals surface area contributed by atoms with Crippen LogP contribution in [0.4, 0.5) is 4.79 Å². The predicted octanol–water partition coefficient (Wildman–Crippen LogP) is 3.49. The molecule has 7 heteroatoms. The van der Waals surface area contributed by atoms with Crippen molar-refractivity contribution in [3.8, 4) is 23.5 Å². The minimum atomic E-state index is -1.08. The molecule has 176 valence electrons. The summed E-state index contributed by atoms with van der Waals surface area (Å²) in [6, 6.07) is 16.4. The van der Waals surface area contributed by atoms with E-state index >= 15 is 0 Å². The van der Waals surface area contributed by atoms with E-state index in [1.54, 1.807) is 0 Å². The lowest BCUT2D eigenvalue weighted by atomic mass is 9.73. The van der Waals surface area contributed by atoms with Gasteiger partial charge in [-0.1, -0.05) is 54.5 Å². The van der Waals surface area contributed by atoms with Crippen LogP contribution in [0, 0.1) is 24.2 Å². The fourth-order valence-corrected chi connectivity index (χ4v) is 4.97. The number of fused-ring (bicyclic) bond motifs is 3. The number of ether oxygens (including phenoxy) is 1. The second-order valence-corrected chi connectivity index (χ2v) is 8.96. The minimum absolute atomic E-state index is 0.00930. The number of aliphatic carboxylic acids is 1. The Morgan fingerprint density at radius 2 is 1.65 bits per heavy atom. The van der Waals surface area contributed by atoms with E-state index in [1.165, 1.54) is 27.2 Å². The lowest BCUT2D eigenvalue weighted by molar-refractivity contribution is -0.144. The molecule has 0 spiro atoms. The van der Waals surface area contributed by atoms with E-state index in [0.717, 1.165) is 12.8 Å². The molecule has 1 saturated carbocycles. The standard InChI is InChI=1S/C27H28N2O5/c1-2-11-29(16-26(31)32)25(30)14-18-12-19(13-18)15-28-27(33)34-17-24-22-9-5-3-7-20(22)21-8-4-6-10-23(21)24/h1,3-10,18-19,24H,11-17H2,(H,28,33)(H,31,32). The van der Waals surface area contributed by atoms with Gasteiger partial charge >= 0.3 is 12.1 Å². The van der Waals surface area contributed by atoms with E-state index in [9.17, 15) is 14.4 Å². The van der Waals surface area contributed by atoms with E-state index in [2.05, 4.69) is 35.5 Å². The number of hydrogen-bond donors (Lipinski definition) is 2. The summed E-state index contributed by atoms with van der Waals surface area (Å²) in [5.41, 5.74) is 4.72. The van der Waals surface area contributed by atoms with Gasteiger partial charge in [-0.05, 0) is 46.9 Å². The third-order valence-electron chi connectivity index (χ3n) is 6.64. The van der Waals surface area contributed by atoms with Crippen LogP contribution in [-0.2, 0) is 14.3 Å². The quantitative estimate of drug-likeness (QED) is 0.559. The number of alkyl carbamates (subject to hydrolysis) is 1. The molecule has 2 N–H and O–H groups in total. The van der Waals surface area contributed by atoms with Crippen LogP contribution in [0.15, 0.2) is 48.5 Å². The Morgan fingerprint density at radius 3 is 2.24 bits per heavy atom. The van der Waals surface area contributed by atoms with Crippen molar-refractivity contribution in [2.24, 2.45) is 11.8 Å². The van der Waals surface area contributed by atoms with Crippen molar-refractivity contribution >= 4 is 18.0 Å². The lowest BCUT2D eigenvalue weighted by Crippen LogP contribution is -2.41. The van der Waals surface area contributed by atoms with E-state index < -0.39 is 12.1 Å². The summed E-state index contributed by atoms with van der Waals surface area (Å²) in [7, 11) is 0. The average Bonchev–Trinajstić information content (AvgIpc) is 3.12. The highest BCUT2D eigenvalue weighted by molar-refractivity contribution is 5.82. The number of amides is 2. The summed E-state index contributed by atoms with van der Waals surface area (Å²) in [5.74, 6) is 1.48. The summed E-state index contributed by atoms with van der Waals surface area (Å²) < 4.78 is 5.56. The SMILES string of the molecule is C#CCN(CC(=O)O)C(=O)CC1CC(CNC(=O)OCC2c3ccccc3-c3ccccc32)C1. The number of carboxylic acids is 1. The number of carboxylic acid groups (broad SMARTS) is 1. The molecular formula is C27H28N2O5. The van der Waals surface area contributed by atoms with Crippen LogP contribution < -0.4 is 5.32 Å². The van der Waals surface area contributed by atoms with Crippen LogP contribution in [0.25, 0.3) is 11.1 Å². The second-order valence-electron chi connectivity index (χ2n) is 8.96. The maximum atomic E-state index is 12.3. The van der Waals surface area contributed by atoms with Gasteiger partial charge in [-0.25, -0.2) is 4.79 Å². The molecule has 7 nitrogen and oxygen atoms in total. The van der Waals surface area contributed by atoms with Crippen molar-refractivity contribution < 1.29 is 24.2 Å². The van der Waals surface area contributed by atoms with Crippen LogP contribution >= 0.6 is 0 Å².